The first-order valence-electron chi connectivity index (χ1n) is 7.18. The van der Waals surface area contributed by atoms with Gasteiger partial charge in [-0.15, -0.1) is 0 Å². The Labute approximate surface area is 155 Å². The fraction of sp³-hybridized carbons (Fsp3) is 0.0667. The minimum atomic E-state index is -0.311. The highest BCUT2D eigenvalue weighted by atomic mass is 32.1. The molecule has 4 aromatic rings. The lowest BCUT2D eigenvalue weighted by Crippen LogP contribution is -2.34. The molecule has 0 saturated heterocycles. The number of benzene rings is 2. The van der Waals surface area contributed by atoms with Gasteiger partial charge in [0.1, 0.15) is 22.1 Å². The minimum Gasteiger partial charge on any atom is -0.330 e. The Kier molecular flexibility index (Phi) is 4.07. The van der Waals surface area contributed by atoms with Gasteiger partial charge in [-0.3, -0.25) is 10.1 Å². The van der Waals surface area contributed by atoms with E-state index in [1.807, 2.05) is 19.1 Å². The monoisotopic (exact) mass is 386 g/mol. The van der Waals surface area contributed by atoms with Crippen LogP contribution in [-0.2, 0) is 0 Å². The van der Waals surface area contributed by atoms with Crippen LogP contribution in [0, 0.1) is 6.92 Å². The number of anilines is 1. The van der Waals surface area contributed by atoms with Gasteiger partial charge in [0.25, 0.3) is 5.91 Å². The molecule has 0 atom stereocenters. The molecule has 0 spiro atoms. The Morgan fingerprint density at radius 1 is 1.00 bits per heavy atom. The average Bonchev–Trinajstić information content (AvgIpc) is 3.25. The number of carbonyl (C=O) groups excluding carboxylic acids is 1. The summed E-state index contributed by atoms with van der Waals surface area (Å²) >= 11 is 7.52. The molecule has 2 aromatic heterocycles. The highest BCUT2D eigenvalue weighted by molar-refractivity contribution is 7.80. The average molecular weight is 386 g/mol. The first kappa shape index (κ1) is 15.9. The summed E-state index contributed by atoms with van der Waals surface area (Å²) in [6, 6.07) is 8.97. The lowest BCUT2D eigenvalue weighted by molar-refractivity contribution is 0.0978. The second kappa shape index (κ2) is 6.39. The second-order valence-corrected chi connectivity index (χ2v) is 6.73. The van der Waals surface area contributed by atoms with Crippen LogP contribution in [0.15, 0.2) is 30.3 Å². The van der Waals surface area contributed by atoms with Gasteiger partial charge in [0.15, 0.2) is 5.11 Å². The maximum Gasteiger partial charge on any atom is 0.257 e. The van der Waals surface area contributed by atoms with E-state index >= 15 is 0 Å². The van der Waals surface area contributed by atoms with Crippen molar-refractivity contribution in [2.75, 3.05) is 5.32 Å². The number of hydrogen-bond donors (Lipinski definition) is 2. The van der Waals surface area contributed by atoms with Crippen LogP contribution < -0.4 is 10.6 Å². The number of nitrogens with zero attached hydrogens (tertiary/aromatic N) is 4. The number of carbonyl (C=O) groups is 1. The summed E-state index contributed by atoms with van der Waals surface area (Å²) in [6.07, 6.45) is 0. The van der Waals surface area contributed by atoms with Gasteiger partial charge >= 0.3 is 0 Å². The third-order valence-electron chi connectivity index (χ3n) is 3.62. The maximum absolute atomic E-state index is 12.4. The molecule has 0 aliphatic heterocycles. The van der Waals surface area contributed by atoms with Crippen molar-refractivity contribution in [3.05, 3.63) is 41.5 Å². The quantitative estimate of drug-likeness (QED) is 0.511. The Morgan fingerprint density at radius 2 is 1.72 bits per heavy atom. The fourth-order valence-electron chi connectivity index (χ4n) is 2.35. The third-order valence-corrected chi connectivity index (χ3v) is 4.92. The van der Waals surface area contributed by atoms with Crippen LogP contribution in [-0.4, -0.2) is 28.5 Å². The van der Waals surface area contributed by atoms with Gasteiger partial charge in [-0.05, 0) is 49.0 Å². The summed E-state index contributed by atoms with van der Waals surface area (Å²) in [5.74, 6) is -0.311. The maximum atomic E-state index is 12.4. The van der Waals surface area contributed by atoms with E-state index in [-0.39, 0.29) is 11.0 Å². The summed E-state index contributed by atoms with van der Waals surface area (Å²) in [6.45, 7) is 1.94. The molecule has 2 N–H and O–H groups in total. The molecule has 4 rings (SSSR count). The van der Waals surface area contributed by atoms with E-state index in [1.54, 1.807) is 18.2 Å². The second-order valence-electron chi connectivity index (χ2n) is 5.27. The summed E-state index contributed by atoms with van der Waals surface area (Å²) < 4.78 is 16.7. The van der Waals surface area contributed by atoms with Crippen LogP contribution in [0.5, 0.6) is 0 Å². The van der Waals surface area contributed by atoms with Gasteiger partial charge in [-0.25, -0.2) is 0 Å². The van der Waals surface area contributed by atoms with Crippen molar-refractivity contribution in [2.24, 2.45) is 0 Å². The molecule has 1 amide bonds. The molecule has 124 valence electrons. The smallest absolute Gasteiger partial charge is 0.257 e. The molecule has 0 bridgehead atoms. The fourth-order valence-corrected chi connectivity index (χ4v) is 3.61. The molecule has 0 aliphatic rings. The van der Waals surface area contributed by atoms with E-state index in [0.717, 1.165) is 51.3 Å². The first-order valence-corrected chi connectivity index (χ1v) is 9.05. The lowest BCUT2D eigenvalue weighted by atomic mass is 10.1. The molecule has 7 nitrogen and oxygen atoms in total. The molecule has 0 unspecified atom stereocenters. The number of nitrogens with one attached hydrogen (secondary N) is 2. The van der Waals surface area contributed by atoms with Crippen LogP contribution in [0.3, 0.4) is 0 Å². The predicted molar refractivity (Wildman–Crippen MR) is 103 cm³/mol. The zero-order chi connectivity index (χ0) is 17.4. The Hall–Kier alpha value is -2.56. The van der Waals surface area contributed by atoms with Crippen molar-refractivity contribution >= 4 is 74.4 Å². The minimum absolute atomic E-state index is 0.199. The van der Waals surface area contributed by atoms with Crippen molar-refractivity contribution in [1.29, 1.82) is 0 Å². The Morgan fingerprint density at radius 3 is 2.60 bits per heavy atom. The van der Waals surface area contributed by atoms with Crippen molar-refractivity contribution in [2.45, 2.75) is 6.92 Å². The van der Waals surface area contributed by atoms with Crippen molar-refractivity contribution in [3.63, 3.8) is 0 Å². The molecule has 0 fully saturated rings. The highest BCUT2D eigenvalue weighted by Crippen LogP contribution is 2.25. The van der Waals surface area contributed by atoms with Gasteiger partial charge in [-0.2, -0.15) is 17.5 Å². The first-order chi connectivity index (χ1) is 12.1. The van der Waals surface area contributed by atoms with Crippen LogP contribution in [0.4, 0.5) is 5.69 Å². The van der Waals surface area contributed by atoms with E-state index < -0.39 is 0 Å². The lowest BCUT2D eigenvalue weighted by Gasteiger charge is -2.12. The molecule has 10 heteroatoms. The summed E-state index contributed by atoms with van der Waals surface area (Å²) in [5, 5.41) is 5.93. The van der Waals surface area contributed by atoms with Crippen LogP contribution in [0.25, 0.3) is 22.1 Å². The van der Waals surface area contributed by atoms with Crippen LogP contribution in [0.1, 0.15) is 15.9 Å². The number of thiocarbonyl (C=S) groups is 1. The Balaban J connectivity index is 1.54. The zero-order valence-corrected chi connectivity index (χ0v) is 15.3. The third kappa shape index (κ3) is 3.06. The topological polar surface area (TPSA) is 92.7 Å². The molecule has 0 aliphatic carbocycles. The van der Waals surface area contributed by atoms with Crippen LogP contribution >= 0.6 is 35.7 Å². The highest BCUT2D eigenvalue weighted by Gasteiger charge is 2.13. The summed E-state index contributed by atoms with van der Waals surface area (Å²) in [5.41, 5.74) is 5.15. The number of amides is 1. The number of rotatable bonds is 2. The van der Waals surface area contributed by atoms with E-state index in [4.69, 9.17) is 12.2 Å². The van der Waals surface area contributed by atoms with E-state index in [0.29, 0.717) is 11.1 Å². The predicted octanol–water partition coefficient (Wildman–Crippen LogP) is 3.13. The molecule has 2 heterocycles. The molecule has 0 saturated carbocycles. The van der Waals surface area contributed by atoms with Gasteiger partial charge < -0.3 is 5.32 Å². The van der Waals surface area contributed by atoms with E-state index in [2.05, 4.69) is 28.1 Å². The zero-order valence-electron chi connectivity index (χ0n) is 12.8. The molecule has 2 aromatic carbocycles. The van der Waals surface area contributed by atoms with Gasteiger partial charge in [0, 0.05) is 5.56 Å². The normalized spacial score (nSPS) is 10.9. The Bertz CT molecular complexity index is 1120. The number of hydrogen-bond acceptors (Lipinski definition) is 8. The standard InChI is InChI=1S/C15H10N6OS3/c1-7-2-4-10-13(21-25-19-10)12(7)16-15(23)17-14(22)8-3-5-9-11(6-8)20-24-18-9/h2-6H,1H3,(H2,16,17,22,23). The van der Waals surface area contributed by atoms with Crippen molar-refractivity contribution in [1.82, 2.24) is 22.8 Å². The van der Waals surface area contributed by atoms with Crippen molar-refractivity contribution in [3.8, 4) is 0 Å². The summed E-state index contributed by atoms with van der Waals surface area (Å²) in [7, 11) is 0. The van der Waals surface area contributed by atoms with Gasteiger partial charge in [0.05, 0.1) is 29.1 Å². The van der Waals surface area contributed by atoms with Gasteiger partial charge in [-0.1, -0.05) is 6.07 Å². The molecule has 25 heavy (non-hydrogen) atoms. The van der Waals surface area contributed by atoms with E-state index in [1.165, 1.54) is 0 Å². The number of aromatic nitrogens is 4. The summed E-state index contributed by atoms with van der Waals surface area (Å²) in [4.78, 5) is 12.4. The SMILES string of the molecule is Cc1ccc2nsnc2c1NC(=S)NC(=O)c1ccc2nsnc2c1. The molecular formula is C15H10N6OS3. The largest absolute Gasteiger partial charge is 0.330 e. The molecule has 0 radical (unpaired) electrons. The number of aryl methyl sites for hydroxylation is 1. The number of fused-ring (bicyclic) bond motifs is 2. The molecular weight excluding hydrogens is 376 g/mol. The van der Waals surface area contributed by atoms with Gasteiger partial charge in [0.2, 0.25) is 0 Å². The van der Waals surface area contributed by atoms with E-state index in [9.17, 15) is 4.79 Å². The van der Waals surface area contributed by atoms with Crippen LogP contribution in [0.2, 0.25) is 0 Å². The van der Waals surface area contributed by atoms with Crippen molar-refractivity contribution < 1.29 is 4.79 Å².